The number of sulfonamides is 1. The monoisotopic (exact) mass is 1220 g/mol. The van der Waals surface area contributed by atoms with E-state index in [2.05, 4.69) is 41.3 Å². The highest BCUT2D eigenvalue weighted by Gasteiger charge is 2.41. The number of methoxy groups -OCH3 is 1. The van der Waals surface area contributed by atoms with E-state index in [1.54, 1.807) is 77.8 Å². The SMILES string of the molecule is CNC(=O)C[C@@H]1NC(=O)c2csc(n2)-c2ccc(-c3nc(NS(=O)(=O)CCN)cs3)nc2-c2csc(n2)-c2csc(n2)[C@](C)([C@@H](O)c2ccccc2)NC(=O)CNC(=O)c2nc(sc2COC)[C@H](C(C)C)NC(=O)c2nc1sc2C. The normalized spacial score (nSPS) is 17.7. The fourth-order valence-electron chi connectivity index (χ4n) is 8.28. The van der Waals surface area contributed by atoms with Gasteiger partial charge in [0.25, 0.3) is 17.7 Å². The van der Waals surface area contributed by atoms with E-state index < -0.39 is 69.8 Å². The lowest BCUT2D eigenvalue weighted by Gasteiger charge is -2.34. The molecule has 1 aliphatic heterocycles. The van der Waals surface area contributed by atoms with Crippen LogP contribution < -0.4 is 37.0 Å². The van der Waals surface area contributed by atoms with Gasteiger partial charge in [0, 0.05) is 52.7 Å². The van der Waals surface area contributed by atoms with Crippen LogP contribution in [0.5, 0.6) is 0 Å². The van der Waals surface area contributed by atoms with E-state index in [4.69, 9.17) is 35.4 Å². The van der Waals surface area contributed by atoms with Gasteiger partial charge in [0.05, 0.1) is 48.0 Å². The second kappa shape index (κ2) is 24.5. The minimum absolute atomic E-state index is 0.00357. The van der Waals surface area contributed by atoms with Gasteiger partial charge in [0.1, 0.15) is 75.9 Å². The van der Waals surface area contributed by atoms with Gasteiger partial charge in [-0.25, -0.2) is 43.3 Å². The molecular weight excluding hydrogens is 1170 g/mol. The lowest BCUT2D eigenvalue weighted by molar-refractivity contribution is -0.124. The van der Waals surface area contributed by atoms with Crippen molar-refractivity contribution in [3.63, 3.8) is 0 Å². The van der Waals surface area contributed by atoms with Crippen LogP contribution in [0, 0.1) is 12.8 Å². The molecule has 80 heavy (non-hydrogen) atoms. The quantitative estimate of drug-likeness (QED) is 0.0676. The van der Waals surface area contributed by atoms with Crippen molar-refractivity contribution in [3.05, 3.63) is 111 Å². The summed E-state index contributed by atoms with van der Waals surface area (Å²) >= 11 is 7.03. The average molecular weight is 1220 g/mol. The lowest BCUT2D eigenvalue weighted by Crippen LogP contribution is -2.51. The second-order valence-electron chi connectivity index (χ2n) is 18.5. The highest BCUT2D eigenvalue weighted by atomic mass is 32.2. The van der Waals surface area contributed by atoms with E-state index in [1.807, 2.05) is 13.8 Å². The summed E-state index contributed by atoms with van der Waals surface area (Å²) in [7, 11) is -0.832. The van der Waals surface area contributed by atoms with E-state index in [-0.39, 0.29) is 59.2 Å². The van der Waals surface area contributed by atoms with Crippen molar-refractivity contribution in [2.24, 2.45) is 11.7 Å². The molecular formula is C50H52N14O9S7. The van der Waals surface area contributed by atoms with Crippen molar-refractivity contribution in [2.45, 2.75) is 64.4 Å². The van der Waals surface area contributed by atoms with Crippen molar-refractivity contribution in [1.29, 1.82) is 0 Å². The van der Waals surface area contributed by atoms with Crippen molar-refractivity contribution in [3.8, 4) is 43.4 Å². The van der Waals surface area contributed by atoms with Crippen LogP contribution in [0.3, 0.4) is 0 Å². The van der Waals surface area contributed by atoms with Crippen LogP contribution in [-0.2, 0) is 36.5 Å². The predicted octanol–water partition coefficient (Wildman–Crippen LogP) is 6.19. The first-order chi connectivity index (χ1) is 38.3. The van der Waals surface area contributed by atoms with Gasteiger partial charge < -0.3 is 42.2 Å². The van der Waals surface area contributed by atoms with Gasteiger partial charge >= 0.3 is 0 Å². The number of nitrogens with two attached hydrogens (primary N) is 1. The Kier molecular flexibility index (Phi) is 17.7. The molecule has 0 spiro atoms. The number of anilines is 1. The highest BCUT2D eigenvalue weighted by molar-refractivity contribution is 7.92. The van der Waals surface area contributed by atoms with Gasteiger partial charge in [-0.05, 0) is 37.5 Å². The number of carbonyl (C=O) groups excluding carboxylic acids is 5. The molecule has 418 valence electrons. The average Bonchev–Trinajstić information content (AvgIpc) is 4.34. The van der Waals surface area contributed by atoms with Gasteiger partial charge in [-0.1, -0.05) is 44.2 Å². The number of thiazole rings is 6. The van der Waals surface area contributed by atoms with Crippen molar-refractivity contribution < 1.29 is 42.2 Å². The zero-order chi connectivity index (χ0) is 57.0. The first kappa shape index (κ1) is 57.8. The minimum atomic E-state index is -3.76. The molecule has 1 aromatic carbocycles. The summed E-state index contributed by atoms with van der Waals surface area (Å²) in [6.45, 7) is 6.48. The van der Waals surface area contributed by atoms with E-state index >= 15 is 0 Å². The number of aromatic nitrogens is 7. The number of amides is 5. The number of aliphatic hydroxyl groups excluding tert-OH is 1. The summed E-state index contributed by atoms with van der Waals surface area (Å²) in [6, 6.07) is 10.5. The lowest BCUT2D eigenvalue weighted by atomic mass is 9.89. The van der Waals surface area contributed by atoms with E-state index in [9.17, 15) is 37.5 Å². The van der Waals surface area contributed by atoms with Crippen LogP contribution in [0.4, 0.5) is 5.82 Å². The molecule has 30 heteroatoms. The number of fused-ring (bicyclic) bond motifs is 14. The molecule has 0 aliphatic carbocycles. The third-order valence-corrected chi connectivity index (χ3v) is 19.5. The third-order valence-electron chi connectivity index (χ3n) is 12.3. The molecule has 1 aliphatic rings. The minimum Gasteiger partial charge on any atom is -0.385 e. The van der Waals surface area contributed by atoms with Crippen molar-refractivity contribution in [2.75, 3.05) is 37.7 Å². The molecule has 9 N–H and O–H groups in total. The van der Waals surface area contributed by atoms with Gasteiger partial charge in [0.2, 0.25) is 21.8 Å². The summed E-state index contributed by atoms with van der Waals surface area (Å²) in [6.07, 6.45) is -1.56. The van der Waals surface area contributed by atoms with E-state index in [0.717, 1.165) is 34.0 Å². The number of aryl methyl sites for hydroxylation is 1. The Morgan fingerprint density at radius 2 is 1.50 bits per heavy atom. The number of carbonyl (C=O) groups is 5. The molecule has 8 heterocycles. The van der Waals surface area contributed by atoms with Crippen LogP contribution in [0.25, 0.3) is 43.4 Å². The molecule has 23 nitrogen and oxygen atoms in total. The molecule has 0 unspecified atom stereocenters. The third kappa shape index (κ3) is 12.7. The van der Waals surface area contributed by atoms with Gasteiger partial charge in [0.15, 0.2) is 5.82 Å². The maximum Gasteiger partial charge on any atom is 0.271 e. The fraction of sp³-hybridized carbons (Fsp3) is 0.320. The first-order valence-electron chi connectivity index (χ1n) is 24.4. The van der Waals surface area contributed by atoms with Gasteiger partial charge in [-0.2, -0.15) is 0 Å². The smallest absolute Gasteiger partial charge is 0.271 e. The molecule has 8 aromatic rings. The molecule has 0 saturated carbocycles. The summed E-state index contributed by atoms with van der Waals surface area (Å²) < 4.78 is 33.0. The standard InChI is InChI=1S/C50H52N14O9S7/c1-23(2)36-48-62-39(32(79-48)18-73-6)42(69)53-17-35(66)63-50(4,40(67)25-10-8-7-9-11-25)49-58-31(21-77-49)46-56-29(19-75-46)38-26(12-13-27(54-38)45-59-33(22-76-45)64-80(71,72)15-14-51)44-57-30(20-74-44)41(68)55-28(16-34(65)52-5)47-61-37(24(3)78-47)43(70)60-36/h7-13,19-23,28,36,40,64,67H,14-18,51H2,1-6H3,(H,52,65)(H,53,69)(H,55,68)(H,60,70)(H,63,66)/t28-,36-,40-,50-/m0/s1. The maximum atomic E-state index is 14.2. The number of benzene rings is 1. The van der Waals surface area contributed by atoms with Gasteiger partial charge in [-0.15, -0.1) is 68.0 Å². The highest BCUT2D eigenvalue weighted by Crippen LogP contribution is 2.42. The molecule has 0 fully saturated rings. The number of nitrogens with one attached hydrogen (secondary N) is 6. The van der Waals surface area contributed by atoms with Crippen LogP contribution in [-0.4, -0.2) is 111 Å². The Labute approximate surface area is 482 Å². The van der Waals surface area contributed by atoms with E-state index in [0.29, 0.717) is 68.7 Å². The molecule has 5 amide bonds. The summed E-state index contributed by atoms with van der Waals surface area (Å²) in [5.74, 6) is -3.40. The second-order valence-corrected chi connectivity index (χ2v) is 26.1. The molecule has 10 bridgehead atoms. The first-order valence-corrected chi connectivity index (χ1v) is 31.2. The summed E-state index contributed by atoms with van der Waals surface area (Å²) in [4.78, 5) is 104. The van der Waals surface area contributed by atoms with Crippen molar-refractivity contribution >= 4 is 113 Å². The van der Waals surface area contributed by atoms with Crippen LogP contribution >= 0.6 is 68.0 Å². The number of nitrogens with zero attached hydrogens (tertiary/aromatic N) is 7. The Balaban J connectivity index is 1.15. The number of hydrogen-bond donors (Lipinski definition) is 8. The fourth-order valence-corrected chi connectivity index (χ4v) is 14.7. The molecule has 0 radical (unpaired) electrons. The zero-order valence-electron chi connectivity index (χ0n) is 43.5. The zero-order valence-corrected chi connectivity index (χ0v) is 49.2. The molecule has 0 saturated heterocycles. The Morgan fingerprint density at radius 1 is 0.800 bits per heavy atom. The number of aliphatic hydroxyl groups is 1. The van der Waals surface area contributed by atoms with Crippen LogP contribution in [0.1, 0.15) is 107 Å². The topological polar surface area (TPSA) is 337 Å². The molecule has 7 aromatic heterocycles. The summed E-state index contributed by atoms with van der Waals surface area (Å²) in [5.41, 5.74) is 6.45. The number of rotatable bonds is 12. The number of ether oxygens (including phenoxy) is 1. The predicted molar refractivity (Wildman–Crippen MR) is 308 cm³/mol. The molecule has 4 atom stereocenters. The van der Waals surface area contributed by atoms with Crippen LogP contribution in [0.2, 0.25) is 0 Å². The Morgan fingerprint density at radius 3 is 2.24 bits per heavy atom. The van der Waals surface area contributed by atoms with Crippen LogP contribution in [0.15, 0.2) is 64.0 Å². The number of pyridine rings is 1. The van der Waals surface area contributed by atoms with Gasteiger partial charge in [-0.3, -0.25) is 28.7 Å². The Hall–Kier alpha value is -6.87. The van der Waals surface area contributed by atoms with Crippen molar-refractivity contribution in [1.82, 2.24) is 61.5 Å². The largest absolute Gasteiger partial charge is 0.385 e. The number of hydrogen-bond acceptors (Lipinski definition) is 23. The molecule has 9 rings (SSSR count). The summed E-state index contributed by atoms with van der Waals surface area (Å²) in [5, 5.41) is 35.1. The Bertz CT molecular complexity index is 3720. The van der Waals surface area contributed by atoms with E-state index in [1.165, 1.54) is 48.2 Å². The maximum absolute atomic E-state index is 14.2.